The number of halogens is 2. The first kappa shape index (κ1) is 29.7. The number of carboxylic acids is 1. The number of carboxylic acid groups (broad SMARTS) is 1. The lowest BCUT2D eigenvalue weighted by atomic mass is 9.81. The molecule has 216 valence electrons. The van der Waals surface area contributed by atoms with Crippen molar-refractivity contribution >= 4 is 17.6 Å². The molecular formula is C31H38ClFN2O5. The minimum atomic E-state index is -0.711. The Hall–Kier alpha value is -3.23. The van der Waals surface area contributed by atoms with Crippen LogP contribution in [0.1, 0.15) is 62.3 Å². The predicted molar refractivity (Wildman–Crippen MR) is 152 cm³/mol. The molecule has 1 aliphatic carbocycles. The SMILES string of the molecule is CCc1cc(CN(CC2CCC(C(=O)O)CC2)C(C)c2ccc(Cl)c(F)c2)ccc1OCCn1c(O)ccc1O. The lowest BCUT2D eigenvalue weighted by molar-refractivity contribution is -0.143. The molecule has 0 aliphatic heterocycles. The lowest BCUT2D eigenvalue weighted by Crippen LogP contribution is -2.34. The predicted octanol–water partition coefficient (Wildman–Crippen LogP) is 6.79. The number of hydrogen-bond donors (Lipinski definition) is 3. The molecule has 1 atom stereocenters. The number of aromatic nitrogens is 1. The fourth-order valence-corrected chi connectivity index (χ4v) is 5.69. The Labute approximate surface area is 239 Å². The van der Waals surface area contributed by atoms with E-state index < -0.39 is 11.8 Å². The highest BCUT2D eigenvalue weighted by molar-refractivity contribution is 6.30. The quantitative estimate of drug-likeness (QED) is 0.221. The van der Waals surface area contributed by atoms with Gasteiger partial charge in [0.15, 0.2) is 11.8 Å². The summed E-state index contributed by atoms with van der Waals surface area (Å²) in [6.07, 6.45) is 3.84. The van der Waals surface area contributed by atoms with E-state index in [1.807, 2.05) is 18.2 Å². The van der Waals surface area contributed by atoms with Gasteiger partial charge < -0.3 is 20.1 Å². The van der Waals surface area contributed by atoms with E-state index in [2.05, 4.69) is 24.8 Å². The fraction of sp³-hybridized carbons (Fsp3) is 0.452. The van der Waals surface area contributed by atoms with Crippen molar-refractivity contribution in [2.24, 2.45) is 11.8 Å². The van der Waals surface area contributed by atoms with Crippen molar-refractivity contribution in [2.45, 2.75) is 65.1 Å². The van der Waals surface area contributed by atoms with Crippen LogP contribution in [-0.2, 0) is 24.3 Å². The molecule has 0 saturated heterocycles. The average molecular weight is 573 g/mol. The second-order valence-electron chi connectivity index (χ2n) is 10.7. The van der Waals surface area contributed by atoms with Crippen LogP contribution in [0.5, 0.6) is 17.5 Å². The van der Waals surface area contributed by atoms with Crippen molar-refractivity contribution in [1.29, 1.82) is 0 Å². The molecule has 1 fully saturated rings. The minimum absolute atomic E-state index is 0.0154. The average Bonchev–Trinajstić information content (AvgIpc) is 3.27. The number of nitrogens with zero attached hydrogens (tertiary/aromatic N) is 2. The molecule has 3 aromatic rings. The van der Waals surface area contributed by atoms with E-state index in [0.29, 0.717) is 31.8 Å². The van der Waals surface area contributed by atoms with Gasteiger partial charge in [0.1, 0.15) is 18.2 Å². The van der Waals surface area contributed by atoms with Crippen molar-refractivity contribution in [3.05, 3.63) is 76.1 Å². The molecule has 2 aromatic carbocycles. The maximum absolute atomic E-state index is 14.3. The standard InChI is InChI=1S/C31H38ClFN2O5/c1-3-23-16-22(6-11-28(23)40-15-14-35-29(36)12-13-30(35)37)19-34(18-21-4-7-24(8-5-21)31(38)39)20(2)25-9-10-26(32)27(33)17-25/h6,9-13,16-17,20-21,24,36-37H,3-5,7-8,14-15,18-19H2,1-2H3,(H,38,39). The third-order valence-corrected chi connectivity index (χ3v) is 8.37. The third kappa shape index (κ3) is 7.29. The van der Waals surface area contributed by atoms with Crippen LogP contribution >= 0.6 is 11.6 Å². The molecule has 1 unspecified atom stereocenters. The van der Waals surface area contributed by atoms with E-state index in [1.54, 1.807) is 6.07 Å². The molecule has 7 nitrogen and oxygen atoms in total. The molecule has 1 aromatic heterocycles. The summed E-state index contributed by atoms with van der Waals surface area (Å²) in [7, 11) is 0. The van der Waals surface area contributed by atoms with Gasteiger partial charge >= 0.3 is 5.97 Å². The van der Waals surface area contributed by atoms with E-state index in [4.69, 9.17) is 16.3 Å². The Balaban J connectivity index is 1.48. The Morgan fingerprint density at radius 2 is 1.80 bits per heavy atom. The topological polar surface area (TPSA) is 95.2 Å². The Morgan fingerprint density at radius 3 is 2.42 bits per heavy atom. The molecule has 9 heteroatoms. The summed E-state index contributed by atoms with van der Waals surface area (Å²) in [4.78, 5) is 13.8. The van der Waals surface area contributed by atoms with E-state index in [9.17, 15) is 24.5 Å². The molecule has 3 N–H and O–H groups in total. The van der Waals surface area contributed by atoms with Crippen molar-refractivity contribution < 1.29 is 29.2 Å². The first-order valence-corrected chi connectivity index (χ1v) is 14.3. The number of hydrogen-bond acceptors (Lipinski definition) is 5. The normalized spacial score (nSPS) is 18.1. The summed E-state index contributed by atoms with van der Waals surface area (Å²) >= 11 is 5.94. The van der Waals surface area contributed by atoms with Crippen LogP contribution in [0.25, 0.3) is 0 Å². The number of aliphatic carboxylic acids is 1. The molecule has 1 aliphatic rings. The number of aryl methyl sites for hydroxylation is 1. The number of benzene rings is 2. The summed E-state index contributed by atoms with van der Waals surface area (Å²) in [5.74, 6) is -0.330. The Morgan fingerprint density at radius 1 is 1.10 bits per heavy atom. The van der Waals surface area contributed by atoms with Gasteiger partial charge in [0.25, 0.3) is 0 Å². The third-order valence-electron chi connectivity index (χ3n) is 8.06. The summed E-state index contributed by atoms with van der Waals surface area (Å²) in [5.41, 5.74) is 2.99. The second-order valence-corrected chi connectivity index (χ2v) is 11.1. The van der Waals surface area contributed by atoms with Crippen molar-refractivity contribution in [3.63, 3.8) is 0 Å². The van der Waals surface area contributed by atoms with Gasteiger partial charge in [0.05, 0.1) is 17.5 Å². The smallest absolute Gasteiger partial charge is 0.306 e. The van der Waals surface area contributed by atoms with Gasteiger partial charge in [-0.25, -0.2) is 4.39 Å². The molecule has 1 saturated carbocycles. The Kier molecular flexibility index (Phi) is 9.98. The first-order valence-electron chi connectivity index (χ1n) is 13.9. The van der Waals surface area contributed by atoms with Crippen LogP contribution in [0.4, 0.5) is 4.39 Å². The van der Waals surface area contributed by atoms with Gasteiger partial charge in [0.2, 0.25) is 0 Å². The largest absolute Gasteiger partial charge is 0.494 e. The highest BCUT2D eigenvalue weighted by Gasteiger charge is 2.29. The van der Waals surface area contributed by atoms with Gasteiger partial charge in [-0.15, -0.1) is 0 Å². The van der Waals surface area contributed by atoms with E-state index in [-0.39, 0.29) is 35.3 Å². The minimum Gasteiger partial charge on any atom is -0.494 e. The molecule has 0 bridgehead atoms. The lowest BCUT2D eigenvalue weighted by Gasteiger charge is -2.35. The van der Waals surface area contributed by atoms with Gasteiger partial charge in [-0.05, 0) is 79.8 Å². The number of rotatable bonds is 12. The maximum atomic E-state index is 14.3. The van der Waals surface area contributed by atoms with Crippen LogP contribution in [0, 0.1) is 17.7 Å². The van der Waals surface area contributed by atoms with Gasteiger partial charge in [0, 0.05) is 31.3 Å². The Bertz CT molecular complexity index is 1290. The number of aromatic hydroxyl groups is 2. The van der Waals surface area contributed by atoms with E-state index >= 15 is 0 Å². The van der Waals surface area contributed by atoms with Gasteiger partial charge in [-0.3, -0.25) is 14.3 Å². The van der Waals surface area contributed by atoms with Crippen molar-refractivity contribution in [3.8, 4) is 17.5 Å². The van der Waals surface area contributed by atoms with Gasteiger partial charge in [-0.2, -0.15) is 0 Å². The van der Waals surface area contributed by atoms with E-state index in [1.165, 1.54) is 22.8 Å². The van der Waals surface area contributed by atoms with Crippen LogP contribution in [-0.4, -0.2) is 43.9 Å². The molecule has 40 heavy (non-hydrogen) atoms. The molecule has 1 heterocycles. The maximum Gasteiger partial charge on any atom is 0.306 e. The summed E-state index contributed by atoms with van der Waals surface area (Å²) in [6.45, 7) is 6.14. The molecule has 0 amide bonds. The molecule has 4 rings (SSSR count). The monoisotopic (exact) mass is 572 g/mol. The molecule has 0 radical (unpaired) electrons. The van der Waals surface area contributed by atoms with E-state index in [0.717, 1.165) is 48.2 Å². The highest BCUT2D eigenvalue weighted by atomic mass is 35.5. The van der Waals surface area contributed by atoms with Crippen molar-refractivity contribution in [2.75, 3.05) is 13.2 Å². The number of carbonyl (C=O) groups is 1. The van der Waals surface area contributed by atoms with Crippen LogP contribution in [0.3, 0.4) is 0 Å². The fourth-order valence-electron chi connectivity index (χ4n) is 5.57. The first-order chi connectivity index (χ1) is 19.2. The van der Waals surface area contributed by atoms with Crippen molar-refractivity contribution in [1.82, 2.24) is 9.47 Å². The summed E-state index contributed by atoms with van der Waals surface area (Å²) < 4.78 is 21.7. The van der Waals surface area contributed by atoms with Crippen LogP contribution < -0.4 is 4.74 Å². The molecular weight excluding hydrogens is 535 g/mol. The van der Waals surface area contributed by atoms with Crippen LogP contribution in [0.15, 0.2) is 48.5 Å². The second kappa shape index (κ2) is 13.4. The molecule has 0 spiro atoms. The zero-order valence-corrected chi connectivity index (χ0v) is 23.8. The zero-order chi connectivity index (χ0) is 28.8. The van der Waals surface area contributed by atoms with Gasteiger partial charge in [-0.1, -0.05) is 36.7 Å². The summed E-state index contributed by atoms with van der Waals surface area (Å²) in [6, 6.07) is 13.8. The van der Waals surface area contributed by atoms with Crippen LogP contribution in [0.2, 0.25) is 5.02 Å². The summed E-state index contributed by atoms with van der Waals surface area (Å²) in [5, 5.41) is 29.2. The highest BCUT2D eigenvalue weighted by Crippen LogP contribution is 2.34. The number of ether oxygens (including phenoxy) is 1. The zero-order valence-electron chi connectivity index (χ0n) is 23.0.